The van der Waals surface area contributed by atoms with Crippen molar-refractivity contribution in [2.24, 2.45) is 5.92 Å². The van der Waals surface area contributed by atoms with Gasteiger partial charge in [-0.2, -0.15) is 0 Å². The summed E-state index contributed by atoms with van der Waals surface area (Å²) in [5.41, 5.74) is 2.98. The first-order valence-corrected chi connectivity index (χ1v) is 6.35. The van der Waals surface area contributed by atoms with Crippen LogP contribution in [0.2, 0.25) is 0 Å². The van der Waals surface area contributed by atoms with E-state index in [1.165, 1.54) is 37.7 Å². The number of rotatable bonds is 7. The van der Waals surface area contributed by atoms with Gasteiger partial charge in [0.1, 0.15) is 0 Å². The zero-order valence-electron chi connectivity index (χ0n) is 11.3. The molecule has 0 spiro atoms. The van der Waals surface area contributed by atoms with Gasteiger partial charge in [0.15, 0.2) is 0 Å². The van der Waals surface area contributed by atoms with Gasteiger partial charge < -0.3 is 0 Å². The first-order chi connectivity index (χ1) is 7.06. The Hall–Kier alpha value is -0.520. The zero-order valence-corrected chi connectivity index (χ0v) is 11.3. The molecule has 0 amide bonds. The Morgan fingerprint density at radius 3 is 2.27 bits per heavy atom. The van der Waals surface area contributed by atoms with Gasteiger partial charge in [0, 0.05) is 0 Å². The standard InChI is InChI=1S/C15H28/c1-6-14(4)10-8-12-15(5)11-7-9-13(2)3/h9,12,14H,6-8,10-11H2,1-5H3/b15-12+/t14-/m0/s1. The van der Waals surface area contributed by atoms with Crippen molar-refractivity contribution in [2.75, 3.05) is 0 Å². The van der Waals surface area contributed by atoms with Gasteiger partial charge >= 0.3 is 0 Å². The van der Waals surface area contributed by atoms with Crippen molar-refractivity contribution in [1.82, 2.24) is 0 Å². The molecular formula is C15H28. The summed E-state index contributed by atoms with van der Waals surface area (Å²) < 4.78 is 0. The lowest BCUT2D eigenvalue weighted by Gasteiger charge is -2.05. The highest BCUT2D eigenvalue weighted by atomic mass is 14.0. The molecule has 1 atom stereocenters. The van der Waals surface area contributed by atoms with E-state index in [1.54, 1.807) is 5.57 Å². The van der Waals surface area contributed by atoms with Crippen LogP contribution in [0.1, 0.15) is 66.7 Å². The lowest BCUT2D eigenvalue weighted by atomic mass is 10.0. The summed E-state index contributed by atoms with van der Waals surface area (Å²) in [6.07, 6.45) is 11.1. The van der Waals surface area contributed by atoms with Crippen molar-refractivity contribution < 1.29 is 0 Å². The Morgan fingerprint density at radius 1 is 1.07 bits per heavy atom. The van der Waals surface area contributed by atoms with E-state index in [1.807, 2.05) is 0 Å². The highest BCUT2D eigenvalue weighted by Gasteiger charge is 1.96. The molecule has 0 fully saturated rings. The summed E-state index contributed by atoms with van der Waals surface area (Å²) in [5, 5.41) is 0. The normalized spacial score (nSPS) is 13.8. The van der Waals surface area contributed by atoms with Gasteiger partial charge in [-0.25, -0.2) is 0 Å². The Morgan fingerprint density at radius 2 is 1.73 bits per heavy atom. The third kappa shape index (κ3) is 9.78. The van der Waals surface area contributed by atoms with Crippen LogP contribution in [-0.2, 0) is 0 Å². The van der Waals surface area contributed by atoms with Crippen molar-refractivity contribution in [3.63, 3.8) is 0 Å². The number of hydrogen-bond donors (Lipinski definition) is 0. The minimum atomic E-state index is 0.881. The summed E-state index contributed by atoms with van der Waals surface area (Å²) in [6, 6.07) is 0. The van der Waals surface area contributed by atoms with Crippen LogP contribution in [0.15, 0.2) is 23.3 Å². The molecule has 15 heavy (non-hydrogen) atoms. The average Bonchev–Trinajstić information content (AvgIpc) is 2.17. The van der Waals surface area contributed by atoms with Gasteiger partial charge in [-0.3, -0.25) is 0 Å². The molecule has 0 rings (SSSR count). The minimum absolute atomic E-state index is 0.881. The second-order valence-electron chi connectivity index (χ2n) is 4.96. The molecule has 88 valence electrons. The molecule has 0 saturated heterocycles. The molecule has 0 aliphatic heterocycles. The minimum Gasteiger partial charge on any atom is -0.0856 e. The zero-order chi connectivity index (χ0) is 11.7. The topological polar surface area (TPSA) is 0 Å². The largest absolute Gasteiger partial charge is 0.0856 e. The molecule has 0 saturated carbocycles. The lowest BCUT2D eigenvalue weighted by Crippen LogP contribution is -1.90. The molecule has 0 N–H and O–H groups in total. The van der Waals surface area contributed by atoms with E-state index < -0.39 is 0 Å². The van der Waals surface area contributed by atoms with Gasteiger partial charge in [-0.1, -0.05) is 43.6 Å². The number of allylic oxidation sites excluding steroid dienone is 4. The molecule has 0 aliphatic rings. The van der Waals surface area contributed by atoms with Gasteiger partial charge in [0.25, 0.3) is 0 Å². The van der Waals surface area contributed by atoms with E-state index in [0.29, 0.717) is 0 Å². The van der Waals surface area contributed by atoms with Gasteiger partial charge in [-0.15, -0.1) is 0 Å². The summed E-state index contributed by atoms with van der Waals surface area (Å²) >= 11 is 0. The summed E-state index contributed by atoms with van der Waals surface area (Å²) in [5.74, 6) is 0.881. The summed E-state index contributed by atoms with van der Waals surface area (Å²) in [7, 11) is 0. The van der Waals surface area contributed by atoms with Crippen molar-refractivity contribution in [3.8, 4) is 0 Å². The SMILES string of the molecule is CC[C@H](C)CC/C=C(\C)CCC=C(C)C. The van der Waals surface area contributed by atoms with E-state index in [4.69, 9.17) is 0 Å². The third-order valence-corrected chi connectivity index (χ3v) is 2.94. The Labute approximate surface area is 96.5 Å². The molecule has 0 aromatic heterocycles. The maximum atomic E-state index is 2.42. The quantitative estimate of drug-likeness (QED) is 0.484. The van der Waals surface area contributed by atoms with E-state index in [0.717, 1.165) is 5.92 Å². The molecule has 0 aromatic rings. The first kappa shape index (κ1) is 14.5. The van der Waals surface area contributed by atoms with Crippen LogP contribution in [0.4, 0.5) is 0 Å². The van der Waals surface area contributed by atoms with Gasteiger partial charge in [0.05, 0.1) is 0 Å². The van der Waals surface area contributed by atoms with E-state index in [2.05, 4.69) is 46.8 Å². The molecule has 0 aliphatic carbocycles. The van der Waals surface area contributed by atoms with Gasteiger partial charge in [0.2, 0.25) is 0 Å². The van der Waals surface area contributed by atoms with Crippen LogP contribution in [0.3, 0.4) is 0 Å². The second kappa shape index (κ2) is 8.76. The van der Waals surface area contributed by atoms with Crippen molar-refractivity contribution >= 4 is 0 Å². The lowest BCUT2D eigenvalue weighted by molar-refractivity contribution is 0.521. The fraction of sp³-hybridized carbons (Fsp3) is 0.733. The highest BCUT2D eigenvalue weighted by Crippen LogP contribution is 2.13. The van der Waals surface area contributed by atoms with E-state index >= 15 is 0 Å². The molecule has 0 radical (unpaired) electrons. The van der Waals surface area contributed by atoms with Crippen LogP contribution in [0, 0.1) is 5.92 Å². The molecule has 0 nitrogen and oxygen atoms in total. The van der Waals surface area contributed by atoms with Gasteiger partial charge in [-0.05, 0) is 52.4 Å². The number of hydrogen-bond acceptors (Lipinski definition) is 0. The van der Waals surface area contributed by atoms with E-state index in [9.17, 15) is 0 Å². The molecule has 0 aromatic carbocycles. The van der Waals surface area contributed by atoms with Crippen LogP contribution >= 0.6 is 0 Å². The van der Waals surface area contributed by atoms with Crippen LogP contribution in [-0.4, -0.2) is 0 Å². The molecule has 0 bridgehead atoms. The second-order valence-corrected chi connectivity index (χ2v) is 4.96. The van der Waals surface area contributed by atoms with Crippen LogP contribution in [0.25, 0.3) is 0 Å². The maximum Gasteiger partial charge on any atom is -0.0288 e. The van der Waals surface area contributed by atoms with Crippen molar-refractivity contribution in [2.45, 2.75) is 66.7 Å². The Balaban J connectivity index is 3.65. The van der Waals surface area contributed by atoms with Crippen LogP contribution < -0.4 is 0 Å². The monoisotopic (exact) mass is 208 g/mol. The molecule has 0 heteroatoms. The highest BCUT2D eigenvalue weighted by molar-refractivity contribution is 5.02. The predicted octanol–water partition coefficient (Wildman–Crippen LogP) is 5.51. The fourth-order valence-corrected chi connectivity index (χ4v) is 1.51. The maximum absolute atomic E-state index is 2.42. The summed E-state index contributed by atoms with van der Waals surface area (Å²) in [6.45, 7) is 11.2. The average molecular weight is 208 g/mol. The smallest absolute Gasteiger partial charge is 0.0288 e. The molecule has 0 unspecified atom stereocenters. The Kier molecular flexibility index (Phi) is 8.46. The van der Waals surface area contributed by atoms with Crippen LogP contribution in [0.5, 0.6) is 0 Å². The fourth-order valence-electron chi connectivity index (χ4n) is 1.51. The third-order valence-electron chi connectivity index (χ3n) is 2.94. The van der Waals surface area contributed by atoms with E-state index in [-0.39, 0.29) is 0 Å². The first-order valence-electron chi connectivity index (χ1n) is 6.35. The predicted molar refractivity (Wildman–Crippen MR) is 71.1 cm³/mol. The molecular weight excluding hydrogens is 180 g/mol. The Bertz CT molecular complexity index is 204. The van der Waals surface area contributed by atoms with Crippen molar-refractivity contribution in [1.29, 1.82) is 0 Å². The van der Waals surface area contributed by atoms with Crippen molar-refractivity contribution in [3.05, 3.63) is 23.3 Å². The molecule has 0 heterocycles. The summed E-state index contributed by atoms with van der Waals surface area (Å²) in [4.78, 5) is 0.